The van der Waals surface area contributed by atoms with E-state index in [0.717, 1.165) is 43.1 Å². The van der Waals surface area contributed by atoms with Crippen molar-refractivity contribution in [3.8, 4) is 0 Å². The molecule has 2 N–H and O–H groups in total. The van der Waals surface area contributed by atoms with Crippen LogP contribution in [-0.4, -0.2) is 52.2 Å². The zero-order chi connectivity index (χ0) is 22.7. The molecule has 0 aliphatic heterocycles. The van der Waals surface area contributed by atoms with E-state index < -0.39 is 5.60 Å². The van der Waals surface area contributed by atoms with Crippen LogP contribution >= 0.6 is 24.0 Å². The Labute approximate surface area is 208 Å². The van der Waals surface area contributed by atoms with Gasteiger partial charge in [-0.25, -0.2) is 14.8 Å². The zero-order valence-electron chi connectivity index (χ0n) is 19.8. The molecule has 9 heteroatoms. The molecule has 2 rings (SSSR count). The van der Waals surface area contributed by atoms with Crippen LogP contribution in [0.2, 0.25) is 0 Å². The molecule has 0 radical (unpaired) electrons. The first-order valence-corrected chi connectivity index (χ1v) is 10.8. The van der Waals surface area contributed by atoms with Gasteiger partial charge in [0.05, 0.1) is 12.9 Å². The third-order valence-corrected chi connectivity index (χ3v) is 4.36. The first kappa shape index (κ1) is 27.7. The number of nitrogens with one attached hydrogen (secondary N) is 2. The van der Waals surface area contributed by atoms with Crippen molar-refractivity contribution >= 4 is 36.0 Å². The Balaban J connectivity index is 0.00000512. The van der Waals surface area contributed by atoms with Crippen LogP contribution in [0.3, 0.4) is 0 Å². The highest BCUT2D eigenvalue weighted by atomic mass is 127. The van der Waals surface area contributed by atoms with Gasteiger partial charge >= 0.3 is 6.09 Å². The molecule has 178 valence electrons. The Morgan fingerprint density at radius 3 is 2.47 bits per heavy atom. The second-order valence-electron chi connectivity index (χ2n) is 8.43. The predicted molar refractivity (Wildman–Crippen MR) is 139 cm³/mol. The number of aryl methyl sites for hydroxylation is 1. The van der Waals surface area contributed by atoms with Gasteiger partial charge in [-0.3, -0.25) is 0 Å². The number of hydrogen-bond acceptors (Lipinski definition) is 4. The van der Waals surface area contributed by atoms with E-state index in [0.29, 0.717) is 13.1 Å². The number of benzene rings is 1. The number of aliphatic imine (C=N–C) groups is 1. The van der Waals surface area contributed by atoms with E-state index in [1.54, 1.807) is 18.1 Å². The van der Waals surface area contributed by atoms with E-state index >= 15 is 0 Å². The summed E-state index contributed by atoms with van der Waals surface area (Å²) in [7, 11) is 1.74. The fraction of sp³-hybridized carbons (Fsp3) is 0.522. The Morgan fingerprint density at radius 2 is 1.88 bits per heavy atom. The van der Waals surface area contributed by atoms with Crippen molar-refractivity contribution < 1.29 is 9.53 Å². The molecule has 1 aromatic carbocycles. The van der Waals surface area contributed by atoms with Crippen LogP contribution in [0, 0.1) is 0 Å². The van der Waals surface area contributed by atoms with Crippen molar-refractivity contribution in [3.05, 3.63) is 54.1 Å². The summed E-state index contributed by atoms with van der Waals surface area (Å²) in [5, 5.41) is 6.65. The largest absolute Gasteiger partial charge is 0.444 e. The molecule has 0 aliphatic carbocycles. The van der Waals surface area contributed by atoms with Gasteiger partial charge in [-0.1, -0.05) is 24.3 Å². The lowest BCUT2D eigenvalue weighted by molar-refractivity contribution is 0.0285. The number of carbonyl (C=O) groups is 1. The predicted octanol–water partition coefficient (Wildman–Crippen LogP) is 4.01. The number of carbonyl (C=O) groups excluding carboxylic acids is 1. The number of amides is 1. The molecule has 1 amide bonds. The molecular formula is C23H37IN6O2. The average Bonchev–Trinajstić information content (AvgIpc) is 3.22. The summed E-state index contributed by atoms with van der Waals surface area (Å²) in [6, 6.07) is 8.14. The molecule has 0 atom stereocenters. The van der Waals surface area contributed by atoms with Crippen molar-refractivity contribution in [3.63, 3.8) is 0 Å². The number of imidazole rings is 1. The van der Waals surface area contributed by atoms with Gasteiger partial charge < -0.3 is 24.8 Å². The first-order valence-electron chi connectivity index (χ1n) is 10.8. The van der Waals surface area contributed by atoms with Crippen LogP contribution in [0.1, 0.15) is 45.2 Å². The van der Waals surface area contributed by atoms with Crippen LogP contribution in [0.4, 0.5) is 4.79 Å². The van der Waals surface area contributed by atoms with Crippen molar-refractivity contribution in [1.29, 1.82) is 0 Å². The summed E-state index contributed by atoms with van der Waals surface area (Å²) in [4.78, 5) is 22.4. The highest BCUT2D eigenvalue weighted by molar-refractivity contribution is 14.0. The lowest BCUT2D eigenvalue weighted by atomic mass is 10.1. The highest BCUT2D eigenvalue weighted by Crippen LogP contribution is 2.12. The van der Waals surface area contributed by atoms with E-state index in [9.17, 15) is 4.79 Å². The molecule has 2 aromatic rings. The third kappa shape index (κ3) is 10.8. The smallest absolute Gasteiger partial charge is 0.410 e. The molecule has 0 saturated heterocycles. The third-order valence-electron chi connectivity index (χ3n) is 4.36. The maximum absolute atomic E-state index is 12.1. The van der Waals surface area contributed by atoms with E-state index in [1.807, 2.05) is 57.6 Å². The molecule has 0 unspecified atom stereocenters. The lowest BCUT2D eigenvalue weighted by Gasteiger charge is -2.24. The molecule has 0 aliphatic rings. The zero-order valence-corrected chi connectivity index (χ0v) is 22.1. The van der Waals surface area contributed by atoms with E-state index in [-0.39, 0.29) is 30.1 Å². The fourth-order valence-corrected chi connectivity index (χ4v) is 2.83. The minimum atomic E-state index is -0.495. The van der Waals surface area contributed by atoms with Gasteiger partial charge in [-0.15, -0.1) is 24.0 Å². The number of guanidine groups is 1. The number of aromatic nitrogens is 2. The quantitative estimate of drug-likeness (QED) is 0.211. The van der Waals surface area contributed by atoms with Crippen molar-refractivity contribution in [1.82, 2.24) is 25.1 Å². The summed E-state index contributed by atoms with van der Waals surface area (Å²) in [6.45, 7) is 11.3. The normalized spacial score (nSPS) is 11.5. The second-order valence-corrected chi connectivity index (χ2v) is 8.43. The number of halogens is 1. The summed E-state index contributed by atoms with van der Waals surface area (Å²) >= 11 is 0. The van der Waals surface area contributed by atoms with E-state index in [2.05, 4.69) is 32.1 Å². The maximum atomic E-state index is 12.1. The standard InChI is InChI=1S/C23H36N6O2.HI/c1-6-25-21(26-12-7-14-29-15-13-24-18-29)27-16-19-8-10-20(11-9-19)17-28(5)22(30)31-23(2,3)4;/h8-11,13,15,18H,6-7,12,14,16-17H2,1-5H3,(H2,25,26,27);1H. The van der Waals surface area contributed by atoms with Gasteiger partial charge in [0, 0.05) is 45.6 Å². The van der Waals surface area contributed by atoms with Gasteiger partial charge in [0.2, 0.25) is 0 Å². The van der Waals surface area contributed by atoms with Crippen molar-refractivity contribution in [2.24, 2.45) is 4.99 Å². The Bertz CT molecular complexity index is 816. The Morgan fingerprint density at radius 1 is 1.19 bits per heavy atom. The Kier molecular flexibility index (Phi) is 12.1. The van der Waals surface area contributed by atoms with E-state index in [4.69, 9.17) is 4.74 Å². The monoisotopic (exact) mass is 556 g/mol. The second kappa shape index (κ2) is 14.0. The summed E-state index contributed by atoms with van der Waals surface area (Å²) < 4.78 is 7.46. The topological polar surface area (TPSA) is 83.8 Å². The SMILES string of the molecule is CCNC(=NCc1ccc(CN(C)C(=O)OC(C)(C)C)cc1)NCCCn1ccnc1.I. The molecule has 0 bridgehead atoms. The minimum Gasteiger partial charge on any atom is -0.444 e. The number of ether oxygens (including phenoxy) is 1. The maximum Gasteiger partial charge on any atom is 0.410 e. The summed E-state index contributed by atoms with van der Waals surface area (Å²) in [5.41, 5.74) is 1.66. The Hall–Kier alpha value is -2.30. The van der Waals surface area contributed by atoms with Gasteiger partial charge in [-0.05, 0) is 45.2 Å². The highest BCUT2D eigenvalue weighted by Gasteiger charge is 2.19. The van der Waals surface area contributed by atoms with Crippen LogP contribution in [0.15, 0.2) is 48.0 Å². The molecule has 1 aromatic heterocycles. The lowest BCUT2D eigenvalue weighted by Crippen LogP contribution is -2.38. The van der Waals surface area contributed by atoms with Gasteiger partial charge in [-0.2, -0.15) is 0 Å². The van der Waals surface area contributed by atoms with Crippen molar-refractivity contribution in [2.45, 2.75) is 59.4 Å². The van der Waals surface area contributed by atoms with Gasteiger partial charge in [0.25, 0.3) is 0 Å². The van der Waals surface area contributed by atoms with Crippen LogP contribution in [-0.2, 0) is 24.4 Å². The fourth-order valence-electron chi connectivity index (χ4n) is 2.83. The molecule has 1 heterocycles. The number of rotatable bonds is 9. The van der Waals surface area contributed by atoms with Crippen LogP contribution < -0.4 is 10.6 Å². The van der Waals surface area contributed by atoms with E-state index in [1.165, 1.54) is 0 Å². The average molecular weight is 556 g/mol. The molecule has 8 nitrogen and oxygen atoms in total. The van der Waals surface area contributed by atoms with Crippen LogP contribution in [0.5, 0.6) is 0 Å². The molecule has 0 saturated carbocycles. The molecule has 0 fully saturated rings. The minimum absolute atomic E-state index is 0. The molecule has 32 heavy (non-hydrogen) atoms. The van der Waals surface area contributed by atoms with Gasteiger partial charge in [0.15, 0.2) is 5.96 Å². The molecular weight excluding hydrogens is 519 g/mol. The summed E-state index contributed by atoms with van der Waals surface area (Å²) in [5.74, 6) is 0.807. The molecule has 0 spiro atoms. The number of hydrogen-bond donors (Lipinski definition) is 2. The number of nitrogens with zero attached hydrogens (tertiary/aromatic N) is 4. The van der Waals surface area contributed by atoms with Crippen LogP contribution in [0.25, 0.3) is 0 Å². The summed E-state index contributed by atoms with van der Waals surface area (Å²) in [6.07, 6.45) is 6.25. The van der Waals surface area contributed by atoms with Gasteiger partial charge in [0.1, 0.15) is 5.60 Å². The van der Waals surface area contributed by atoms with Crippen molar-refractivity contribution in [2.75, 3.05) is 20.1 Å². The first-order chi connectivity index (χ1) is 14.8.